The highest BCUT2D eigenvalue weighted by Crippen LogP contribution is 2.25. The van der Waals surface area contributed by atoms with E-state index in [1.165, 1.54) is 0 Å². The van der Waals surface area contributed by atoms with Crippen molar-refractivity contribution in [3.8, 4) is 0 Å². The third-order valence-electron chi connectivity index (χ3n) is 4.30. The van der Waals surface area contributed by atoms with Gasteiger partial charge in [0.05, 0.1) is 11.4 Å². The summed E-state index contributed by atoms with van der Waals surface area (Å²) in [4.78, 5) is 27.6. The summed E-state index contributed by atoms with van der Waals surface area (Å²) in [5, 5.41) is 13.4. The molecule has 120 valence electrons. The van der Waals surface area contributed by atoms with Crippen LogP contribution in [-0.2, 0) is 4.79 Å². The molecule has 1 aromatic carbocycles. The Bertz CT molecular complexity index is 755. The smallest absolute Gasteiger partial charge is 0.306 e. The van der Waals surface area contributed by atoms with Crippen LogP contribution in [-0.4, -0.2) is 28.0 Å². The second kappa shape index (κ2) is 6.54. The zero-order chi connectivity index (χ0) is 16.4. The molecular formula is C17H17ClN2O3. The second-order valence-corrected chi connectivity index (χ2v) is 6.33. The SMILES string of the molecule is O=C(NC1CCC(C(=O)O)CC1)c1ccc2ccc(Cl)cc2n1. The number of carboxylic acid groups (broad SMARTS) is 1. The molecule has 1 aliphatic rings. The lowest BCUT2D eigenvalue weighted by atomic mass is 9.86. The Kier molecular flexibility index (Phi) is 4.48. The van der Waals surface area contributed by atoms with Crippen LogP contribution in [0.4, 0.5) is 0 Å². The molecule has 0 radical (unpaired) electrons. The van der Waals surface area contributed by atoms with E-state index in [-0.39, 0.29) is 17.9 Å². The van der Waals surface area contributed by atoms with Gasteiger partial charge in [-0.2, -0.15) is 0 Å². The monoisotopic (exact) mass is 332 g/mol. The first kappa shape index (κ1) is 15.7. The number of halogens is 1. The van der Waals surface area contributed by atoms with E-state index < -0.39 is 5.97 Å². The van der Waals surface area contributed by atoms with Gasteiger partial charge in [0.1, 0.15) is 5.69 Å². The standard InChI is InChI=1S/C17H17ClN2O3/c18-12-5-1-10-4-8-14(20-15(10)9-12)16(21)19-13-6-2-11(3-7-13)17(22)23/h1,4-5,8-9,11,13H,2-3,6-7H2,(H,19,21)(H,22,23). The average molecular weight is 333 g/mol. The lowest BCUT2D eigenvalue weighted by molar-refractivity contribution is -0.142. The number of fused-ring (bicyclic) bond motifs is 1. The van der Waals surface area contributed by atoms with Crippen molar-refractivity contribution < 1.29 is 14.7 Å². The Morgan fingerprint density at radius 3 is 2.52 bits per heavy atom. The van der Waals surface area contributed by atoms with Crippen molar-refractivity contribution in [2.45, 2.75) is 31.7 Å². The van der Waals surface area contributed by atoms with Gasteiger partial charge < -0.3 is 10.4 Å². The van der Waals surface area contributed by atoms with E-state index in [4.69, 9.17) is 16.7 Å². The van der Waals surface area contributed by atoms with Crippen molar-refractivity contribution in [3.63, 3.8) is 0 Å². The van der Waals surface area contributed by atoms with Crippen LogP contribution >= 0.6 is 11.6 Å². The zero-order valence-electron chi connectivity index (χ0n) is 12.5. The van der Waals surface area contributed by atoms with Gasteiger partial charge in [0, 0.05) is 16.5 Å². The van der Waals surface area contributed by atoms with E-state index >= 15 is 0 Å². The first-order valence-electron chi connectivity index (χ1n) is 7.63. The van der Waals surface area contributed by atoms with E-state index in [1.807, 2.05) is 12.1 Å². The molecule has 2 aromatic rings. The summed E-state index contributed by atoms with van der Waals surface area (Å²) < 4.78 is 0. The molecule has 2 N–H and O–H groups in total. The van der Waals surface area contributed by atoms with Gasteiger partial charge in [-0.1, -0.05) is 23.7 Å². The number of hydrogen-bond donors (Lipinski definition) is 2. The van der Waals surface area contributed by atoms with Crippen molar-refractivity contribution in [1.29, 1.82) is 0 Å². The molecule has 1 aliphatic carbocycles. The number of nitrogens with zero attached hydrogens (tertiary/aromatic N) is 1. The predicted molar refractivity (Wildman–Crippen MR) is 87.6 cm³/mol. The molecule has 0 saturated heterocycles. The molecule has 0 aliphatic heterocycles. The number of aliphatic carboxylic acids is 1. The molecule has 6 heteroatoms. The third kappa shape index (κ3) is 3.62. The summed E-state index contributed by atoms with van der Waals surface area (Å²) in [7, 11) is 0. The third-order valence-corrected chi connectivity index (χ3v) is 4.53. The van der Waals surface area contributed by atoms with Crippen molar-refractivity contribution >= 4 is 34.4 Å². The van der Waals surface area contributed by atoms with Gasteiger partial charge in [-0.15, -0.1) is 0 Å². The fourth-order valence-electron chi connectivity index (χ4n) is 2.96. The van der Waals surface area contributed by atoms with Gasteiger partial charge in [-0.25, -0.2) is 4.98 Å². The van der Waals surface area contributed by atoms with Crippen LogP contribution in [0.5, 0.6) is 0 Å². The molecule has 1 fully saturated rings. The highest BCUT2D eigenvalue weighted by atomic mass is 35.5. The maximum Gasteiger partial charge on any atom is 0.306 e. The number of amides is 1. The van der Waals surface area contributed by atoms with E-state index in [0.717, 1.165) is 5.39 Å². The van der Waals surface area contributed by atoms with Crippen molar-refractivity contribution in [1.82, 2.24) is 10.3 Å². The van der Waals surface area contributed by atoms with Crippen LogP contribution in [0.25, 0.3) is 10.9 Å². The first-order valence-corrected chi connectivity index (χ1v) is 8.01. The Morgan fingerprint density at radius 1 is 1.13 bits per heavy atom. The van der Waals surface area contributed by atoms with E-state index in [2.05, 4.69) is 10.3 Å². The summed E-state index contributed by atoms with van der Waals surface area (Å²) in [6, 6.07) is 8.91. The Hall–Kier alpha value is -2.14. The molecule has 0 bridgehead atoms. The number of pyridine rings is 1. The number of rotatable bonds is 3. The molecule has 23 heavy (non-hydrogen) atoms. The highest BCUT2D eigenvalue weighted by Gasteiger charge is 2.27. The topological polar surface area (TPSA) is 79.3 Å². The fraction of sp³-hybridized carbons (Fsp3) is 0.353. The molecule has 3 rings (SSSR count). The van der Waals surface area contributed by atoms with Gasteiger partial charge >= 0.3 is 5.97 Å². The maximum atomic E-state index is 12.3. The summed E-state index contributed by atoms with van der Waals surface area (Å²) >= 11 is 5.96. The number of benzene rings is 1. The molecule has 0 spiro atoms. The molecular weight excluding hydrogens is 316 g/mol. The van der Waals surface area contributed by atoms with Crippen molar-refractivity contribution in [2.75, 3.05) is 0 Å². The van der Waals surface area contributed by atoms with Crippen LogP contribution in [0.3, 0.4) is 0 Å². The fourth-order valence-corrected chi connectivity index (χ4v) is 3.13. The molecule has 1 aromatic heterocycles. The number of aromatic nitrogens is 1. The number of carbonyl (C=O) groups is 2. The molecule has 0 atom stereocenters. The van der Waals surface area contributed by atoms with E-state index in [1.54, 1.807) is 18.2 Å². The lowest BCUT2D eigenvalue weighted by Gasteiger charge is -2.26. The Morgan fingerprint density at radius 2 is 1.83 bits per heavy atom. The second-order valence-electron chi connectivity index (χ2n) is 5.89. The summed E-state index contributed by atoms with van der Waals surface area (Å²) in [6.07, 6.45) is 2.56. The Labute approximate surface area is 138 Å². The Balaban J connectivity index is 1.68. The lowest BCUT2D eigenvalue weighted by Crippen LogP contribution is -2.39. The predicted octanol–water partition coefficient (Wildman–Crippen LogP) is 3.26. The average Bonchev–Trinajstić information content (AvgIpc) is 2.54. The van der Waals surface area contributed by atoms with E-state index in [0.29, 0.717) is 41.9 Å². The maximum absolute atomic E-state index is 12.3. The van der Waals surface area contributed by atoms with E-state index in [9.17, 15) is 9.59 Å². The molecule has 0 unspecified atom stereocenters. The van der Waals surface area contributed by atoms with Crippen LogP contribution in [0.2, 0.25) is 5.02 Å². The molecule has 1 saturated carbocycles. The minimum Gasteiger partial charge on any atom is -0.481 e. The minimum atomic E-state index is -0.747. The summed E-state index contributed by atoms with van der Waals surface area (Å²) in [6.45, 7) is 0. The van der Waals surface area contributed by atoms with Crippen LogP contribution < -0.4 is 5.32 Å². The van der Waals surface area contributed by atoms with Crippen molar-refractivity contribution in [2.24, 2.45) is 5.92 Å². The minimum absolute atomic E-state index is 0.00922. The van der Waals surface area contributed by atoms with Gasteiger partial charge in [0.25, 0.3) is 5.91 Å². The largest absolute Gasteiger partial charge is 0.481 e. The van der Waals surface area contributed by atoms with Crippen LogP contribution in [0, 0.1) is 5.92 Å². The molecule has 5 nitrogen and oxygen atoms in total. The normalized spacial score (nSPS) is 21.1. The van der Waals surface area contributed by atoms with Crippen LogP contribution in [0.15, 0.2) is 30.3 Å². The van der Waals surface area contributed by atoms with Crippen LogP contribution in [0.1, 0.15) is 36.2 Å². The summed E-state index contributed by atoms with van der Waals surface area (Å²) in [5.74, 6) is -1.27. The van der Waals surface area contributed by atoms with Crippen molar-refractivity contribution in [3.05, 3.63) is 41.0 Å². The number of nitrogens with one attached hydrogen (secondary N) is 1. The van der Waals surface area contributed by atoms with Gasteiger partial charge in [0.2, 0.25) is 0 Å². The number of carboxylic acids is 1. The van der Waals surface area contributed by atoms with Gasteiger partial charge in [-0.05, 0) is 43.9 Å². The van der Waals surface area contributed by atoms with Gasteiger partial charge in [-0.3, -0.25) is 9.59 Å². The number of carbonyl (C=O) groups excluding carboxylic acids is 1. The summed E-state index contributed by atoms with van der Waals surface area (Å²) in [5.41, 5.74) is 1.03. The van der Waals surface area contributed by atoms with Gasteiger partial charge in [0.15, 0.2) is 0 Å². The number of hydrogen-bond acceptors (Lipinski definition) is 3. The first-order chi connectivity index (χ1) is 11.0. The molecule has 1 heterocycles. The quantitative estimate of drug-likeness (QED) is 0.904. The highest BCUT2D eigenvalue weighted by molar-refractivity contribution is 6.31. The zero-order valence-corrected chi connectivity index (χ0v) is 13.2. The molecule has 1 amide bonds.